The molecule has 0 aliphatic carbocycles. The minimum absolute atomic E-state index is 0.0503. The van der Waals surface area contributed by atoms with E-state index in [4.69, 9.17) is 16.3 Å². The minimum atomic E-state index is -0.324. The van der Waals surface area contributed by atoms with Crippen LogP contribution >= 0.6 is 11.6 Å². The average Bonchev–Trinajstić information content (AvgIpc) is 2.43. The second-order valence-electron chi connectivity index (χ2n) is 5.28. The molecule has 0 radical (unpaired) electrons. The van der Waals surface area contributed by atoms with E-state index in [0.29, 0.717) is 24.7 Å². The lowest BCUT2D eigenvalue weighted by atomic mass is 9.91. The summed E-state index contributed by atoms with van der Waals surface area (Å²) in [5, 5.41) is 3.09. The second-order valence-corrected chi connectivity index (χ2v) is 5.55. The number of rotatable bonds is 3. The number of benzene rings is 1. The SMILES string of the molecule is Cc1ccc(C(=O)NC2(CCl)CCOCC2)cc1C. The van der Waals surface area contributed by atoms with E-state index in [-0.39, 0.29) is 11.4 Å². The van der Waals surface area contributed by atoms with Gasteiger partial charge in [-0.15, -0.1) is 11.6 Å². The van der Waals surface area contributed by atoms with Gasteiger partial charge in [-0.1, -0.05) is 6.07 Å². The molecule has 2 rings (SSSR count). The number of hydrogen-bond donors (Lipinski definition) is 1. The summed E-state index contributed by atoms with van der Waals surface area (Å²) < 4.78 is 5.34. The second kappa shape index (κ2) is 5.93. The standard InChI is InChI=1S/C15H20ClNO2/c1-11-3-4-13(9-12(11)2)14(18)17-15(10-16)5-7-19-8-6-15/h3-4,9H,5-8,10H2,1-2H3,(H,17,18). The number of nitrogens with one attached hydrogen (secondary N) is 1. The number of amides is 1. The lowest BCUT2D eigenvalue weighted by molar-refractivity contribution is 0.0434. The molecule has 104 valence electrons. The Hall–Kier alpha value is -1.06. The minimum Gasteiger partial charge on any atom is -0.381 e. The first kappa shape index (κ1) is 14.4. The third-order valence-corrected chi connectivity index (χ3v) is 4.37. The van der Waals surface area contributed by atoms with Crippen molar-refractivity contribution in [1.82, 2.24) is 5.32 Å². The molecule has 1 fully saturated rings. The summed E-state index contributed by atoms with van der Waals surface area (Å²) in [7, 11) is 0. The Morgan fingerprint density at radius 2 is 2.00 bits per heavy atom. The van der Waals surface area contributed by atoms with Crippen LogP contribution < -0.4 is 5.32 Å². The molecular formula is C15H20ClNO2. The Morgan fingerprint density at radius 3 is 2.58 bits per heavy atom. The van der Waals surface area contributed by atoms with Crippen molar-refractivity contribution < 1.29 is 9.53 Å². The van der Waals surface area contributed by atoms with Crippen LogP contribution in [-0.2, 0) is 4.74 Å². The van der Waals surface area contributed by atoms with Gasteiger partial charge in [-0.25, -0.2) is 0 Å². The van der Waals surface area contributed by atoms with Gasteiger partial charge in [0.15, 0.2) is 0 Å². The fourth-order valence-electron chi connectivity index (χ4n) is 2.25. The molecule has 0 aromatic heterocycles. The van der Waals surface area contributed by atoms with Crippen molar-refractivity contribution in [2.45, 2.75) is 32.2 Å². The highest BCUT2D eigenvalue weighted by molar-refractivity contribution is 6.19. The van der Waals surface area contributed by atoms with Gasteiger partial charge in [-0.2, -0.15) is 0 Å². The van der Waals surface area contributed by atoms with Gasteiger partial charge < -0.3 is 10.1 Å². The molecule has 0 saturated carbocycles. The maximum Gasteiger partial charge on any atom is 0.251 e. The van der Waals surface area contributed by atoms with Crippen LogP contribution in [0.5, 0.6) is 0 Å². The zero-order valence-electron chi connectivity index (χ0n) is 11.5. The van der Waals surface area contributed by atoms with Crippen LogP contribution in [-0.4, -0.2) is 30.5 Å². The predicted octanol–water partition coefficient (Wildman–Crippen LogP) is 2.82. The highest BCUT2D eigenvalue weighted by Crippen LogP contribution is 2.23. The average molecular weight is 282 g/mol. The predicted molar refractivity (Wildman–Crippen MR) is 76.9 cm³/mol. The molecule has 1 amide bonds. The Labute approximate surface area is 119 Å². The number of carbonyl (C=O) groups excluding carboxylic acids is 1. The van der Waals surface area contributed by atoms with Crippen molar-refractivity contribution in [2.75, 3.05) is 19.1 Å². The molecule has 1 heterocycles. The molecule has 1 aromatic carbocycles. The molecule has 19 heavy (non-hydrogen) atoms. The first-order valence-electron chi connectivity index (χ1n) is 6.60. The molecular weight excluding hydrogens is 262 g/mol. The van der Waals surface area contributed by atoms with Crippen molar-refractivity contribution in [3.63, 3.8) is 0 Å². The maximum atomic E-state index is 12.3. The van der Waals surface area contributed by atoms with Gasteiger partial charge in [0, 0.05) is 24.7 Å². The van der Waals surface area contributed by atoms with Gasteiger partial charge >= 0.3 is 0 Å². The van der Waals surface area contributed by atoms with E-state index < -0.39 is 0 Å². The van der Waals surface area contributed by atoms with E-state index in [0.717, 1.165) is 18.4 Å². The Morgan fingerprint density at radius 1 is 1.32 bits per heavy atom. The smallest absolute Gasteiger partial charge is 0.251 e. The van der Waals surface area contributed by atoms with Crippen molar-refractivity contribution in [3.05, 3.63) is 34.9 Å². The molecule has 1 N–H and O–H groups in total. The fraction of sp³-hybridized carbons (Fsp3) is 0.533. The highest BCUT2D eigenvalue weighted by atomic mass is 35.5. The van der Waals surface area contributed by atoms with E-state index in [9.17, 15) is 4.79 Å². The van der Waals surface area contributed by atoms with E-state index in [2.05, 4.69) is 5.32 Å². The number of aryl methyl sites for hydroxylation is 2. The molecule has 0 atom stereocenters. The monoisotopic (exact) mass is 281 g/mol. The van der Waals surface area contributed by atoms with Crippen molar-refractivity contribution >= 4 is 17.5 Å². The lowest BCUT2D eigenvalue weighted by Crippen LogP contribution is -2.53. The van der Waals surface area contributed by atoms with E-state index >= 15 is 0 Å². The van der Waals surface area contributed by atoms with Crippen molar-refractivity contribution in [3.8, 4) is 0 Å². The number of ether oxygens (including phenoxy) is 1. The topological polar surface area (TPSA) is 38.3 Å². The van der Waals surface area contributed by atoms with Gasteiger partial charge in [0.05, 0.1) is 5.54 Å². The number of carbonyl (C=O) groups is 1. The van der Waals surface area contributed by atoms with Gasteiger partial charge in [-0.3, -0.25) is 4.79 Å². The van der Waals surface area contributed by atoms with Crippen LogP contribution in [0.4, 0.5) is 0 Å². The number of halogens is 1. The Kier molecular flexibility index (Phi) is 4.48. The molecule has 1 aliphatic rings. The summed E-state index contributed by atoms with van der Waals surface area (Å²) >= 11 is 6.05. The summed E-state index contributed by atoms with van der Waals surface area (Å²) in [5.74, 6) is 0.373. The Balaban J connectivity index is 2.12. The largest absolute Gasteiger partial charge is 0.381 e. The van der Waals surface area contributed by atoms with E-state index in [1.54, 1.807) is 0 Å². The van der Waals surface area contributed by atoms with Gasteiger partial charge in [0.2, 0.25) is 0 Å². The summed E-state index contributed by atoms with van der Waals surface area (Å²) in [6.45, 7) is 5.35. The summed E-state index contributed by atoms with van der Waals surface area (Å²) in [6.07, 6.45) is 1.54. The third kappa shape index (κ3) is 3.28. The highest BCUT2D eigenvalue weighted by Gasteiger charge is 2.33. The zero-order chi connectivity index (χ0) is 13.9. The number of alkyl halides is 1. The lowest BCUT2D eigenvalue weighted by Gasteiger charge is -2.36. The van der Waals surface area contributed by atoms with Gasteiger partial charge in [0.1, 0.15) is 0 Å². The van der Waals surface area contributed by atoms with Gasteiger partial charge in [-0.05, 0) is 49.9 Å². The van der Waals surface area contributed by atoms with Crippen LogP contribution in [0.3, 0.4) is 0 Å². The first-order valence-corrected chi connectivity index (χ1v) is 7.13. The zero-order valence-corrected chi connectivity index (χ0v) is 12.2. The molecule has 4 heteroatoms. The maximum absolute atomic E-state index is 12.3. The summed E-state index contributed by atoms with van der Waals surface area (Å²) in [4.78, 5) is 12.3. The molecule has 1 aliphatic heterocycles. The van der Waals surface area contributed by atoms with Crippen molar-refractivity contribution in [1.29, 1.82) is 0 Å². The van der Waals surface area contributed by atoms with Crippen LogP contribution in [0.1, 0.15) is 34.3 Å². The third-order valence-electron chi connectivity index (χ3n) is 3.85. The summed E-state index contributed by atoms with van der Waals surface area (Å²) in [5.41, 5.74) is 2.68. The van der Waals surface area contributed by atoms with Crippen LogP contribution in [0.25, 0.3) is 0 Å². The molecule has 1 saturated heterocycles. The Bertz CT molecular complexity index is 467. The first-order chi connectivity index (χ1) is 9.06. The van der Waals surface area contributed by atoms with Crippen LogP contribution in [0.15, 0.2) is 18.2 Å². The molecule has 1 aromatic rings. The molecule has 0 spiro atoms. The van der Waals surface area contributed by atoms with Crippen molar-refractivity contribution in [2.24, 2.45) is 0 Å². The quantitative estimate of drug-likeness (QED) is 0.865. The van der Waals surface area contributed by atoms with Crippen LogP contribution in [0.2, 0.25) is 0 Å². The van der Waals surface area contributed by atoms with Crippen LogP contribution in [0, 0.1) is 13.8 Å². The summed E-state index contributed by atoms with van der Waals surface area (Å²) in [6, 6.07) is 5.76. The molecule has 3 nitrogen and oxygen atoms in total. The number of hydrogen-bond acceptors (Lipinski definition) is 2. The normalized spacial score (nSPS) is 18.1. The van der Waals surface area contributed by atoms with Gasteiger partial charge in [0.25, 0.3) is 5.91 Å². The van der Waals surface area contributed by atoms with E-state index in [1.807, 2.05) is 32.0 Å². The molecule has 0 bridgehead atoms. The van der Waals surface area contributed by atoms with E-state index in [1.165, 1.54) is 5.56 Å². The molecule has 0 unspecified atom stereocenters. The fourth-order valence-corrected chi connectivity index (χ4v) is 2.58.